The molecule has 0 atom stereocenters. The molecule has 6 nitrogen and oxygen atoms in total. The van der Waals surface area contributed by atoms with Gasteiger partial charge in [-0.1, -0.05) is 0 Å². The van der Waals surface area contributed by atoms with Crippen molar-refractivity contribution >= 4 is 11.9 Å². The van der Waals surface area contributed by atoms with Crippen LogP contribution >= 0.6 is 0 Å². The molecular weight excluding hydrogens is 176 g/mol. The van der Waals surface area contributed by atoms with Gasteiger partial charge in [-0.3, -0.25) is 9.59 Å². The van der Waals surface area contributed by atoms with E-state index < -0.39 is 11.9 Å². The zero-order valence-electron chi connectivity index (χ0n) is 7.40. The molecule has 0 amide bonds. The number of carboxylic acid groups (broad SMARTS) is 2. The minimum absolute atomic E-state index is 0.0694. The fourth-order valence-corrected chi connectivity index (χ4v) is 0.377. The van der Waals surface area contributed by atoms with Gasteiger partial charge in [0, 0.05) is 13.0 Å². The highest BCUT2D eigenvalue weighted by Gasteiger charge is 1.91. The lowest BCUT2D eigenvalue weighted by atomic mass is 10.3. The third-order valence-electron chi connectivity index (χ3n) is 0.953. The average molecular weight is 192 g/mol. The van der Waals surface area contributed by atoms with E-state index in [0.29, 0.717) is 13.0 Å². The summed E-state index contributed by atoms with van der Waals surface area (Å²) in [6.07, 6.45) is 0.839. The van der Waals surface area contributed by atoms with E-state index in [-0.39, 0.29) is 19.4 Å². The van der Waals surface area contributed by atoms with Gasteiger partial charge < -0.3 is 21.7 Å². The van der Waals surface area contributed by atoms with Crippen LogP contribution in [0.1, 0.15) is 19.3 Å². The highest BCUT2D eigenvalue weighted by atomic mass is 16.4. The minimum Gasteiger partial charge on any atom is -0.481 e. The smallest absolute Gasteiger partial charge is 0.304 e. The number of aliphatic carboxylic acids is 2. The van der Waals surface area contributed by atoms with Gasteiger partial charge in [0.05, 0.1) is 6.42 Å². The van der Waals surface area contributed by atoms with E-state index >= 15 is 0 Å². The molecule has 0 spiro atoms. The van der Waals surface area contributed by atoms with Crippen molar-refractivity contribution in [3.05, 3.63) is 0 Å². The number of nitrogens with two attached hydrogens (primary N) is 2. The van der Waals surface area contributed by atoms with Gasteiger partial charge >= 0.3 is 11.9 Å². The van der Waals surface area contributed by atoms with Crippen LogP contribution in [0.25, 0.3) is 0 Å². The molecule has 0 heterocycles. The third kappa shape index (κ3) is 24.8. The van der Waals surface area contributed by atoms with Gasteiger partial charge in [0.1, 0.15) is 0 Å². The Morgan fingerprint density at radius 1 is 0.923 bits per heavy atom. The second-order valence-electron chi connectivity index (χ2n) is 2.22. The maximum absolute atomic E-state index is 9.70. The van der Waals surface area contributed by atoms with Crippen LogP contribution in [-0.2, 0) is 9.59 Å². The molecule has 0 aliphatic rings. The van der Waals surface area contributed by atoms with Crippen molar-refractivity contribution in [1.82, 2.24) is 0 Å². The molecule has 0 aromatic heterocycles. The molecular formula is C7H16N2O4. The molecule has 0 aromatic carbocycles. The second-order valence-corrected chi connectivity index (χ2v) is 2.22. The van der Waals surface area contributed by atoms with Gasteiger partial charge in [0.2, 0.25) is 0 Å². The summed E-state index contributed by atoms with van der Waals surface area (Å²) in [6, 6.07) is 0. The molecule has 0 aliphatic carbocycles. The first-order valence-corrected chi connectivity index (χ1v) is 3.88. The standard InChI is InChI=1S/C4H9NO2.C3H7NO2/c5-3-1-2-4(6)7;4-2-1-3(5)6/h1-3,5H2,(H,6,7);1-2,4H2,(H,5,6). The van der Waals surface area contributed by atoms with Gasteiger partial charge in [0.25, 0.3) is 0 Å². The van der Waals surface area contributed by atoms with Crippen LogP contribution in [0.2, 0.25) is 0 Å². The van der Waals surface area contributed by atoms with Crippen LogP contribution in [0.5, 0.6) is 0 Å². The van der Waals surface area contributed by atoms with Gasteiger partial charge in [-0.15, -0.1) is 0 Å². The minimum atomic E-state index is -0.836. The molecule has 6 heteroatoms. The number of carboxylic acids is 2. The number of hydrogen-bond donors (Lipinski definition) is 4. The van der Waals surface area contributed by atoms with E-state index in [9.17, 15) is 9.59 Å². The molecule has 0 rings (SSSR count). The molecule has 0 saturated carbocycles. The number of rotatable bonds is 5. The van der Waals surface area contributed by atoms with Crippen LogP contribution < -0.4 is 11.5 Å². The predicted octanol–water partition coefficient (Wildman–Crippen LogP) is -0.770. The first kappa shape index (κ1) is 14.4. The lowest BCUT2D eigenvalue weighted by molar-refractivity contribution is -0.137. The molecule has 6 N–H and O–H groups in total. The van der Waals surface area contributed by atoms with Crippen molar-refractivity contribution in [2.24, 2.45) is 11.5 Å². The first-order valence-electron chi connectivity index (χ1n) is 3.88. The lowest BCUT2D eigenvalue weighted by Gasteiger charge is -1.86. The van der Waals surface area contributed by atoms with E-state index in [1.807, 2.05) is 0 Å². The van der Waals surface area contributed by atoms with E-state index in [0.717, 1.165) is 0 Å². The highest BCUT2D eigenvalue weighted by molar-refractivity contribution is 5.66. The van der Waals surface area contributed by atoms with Crippen molar-refractivity contribution in [1.29, 1.82) is 0 Å². The summed E-state index contributed by atoms with van der Waals surface area (Å²) < 4.78 is 0. The zero-order valence-corrected chi connectivity index (χ0v) is 7.40. The quantitative estimate of drug-likeness (QED) is 0.453. The molecule has 78 valence electrons. The monoisotopic (exact) mass is 192 g/mol. The normalized spacial score (nSPS) is 8.46. The Labute approximate surface area is 76.5 Å². The van der Waals surface area contributed by atoms with E-state index in [1.54, 1.807) is 0 Å². The van der Waals surface area contributed by atoms with Crippen LogP contribution in [0.4, 0.5) is 0 Å². The van der Waals surface area contributed by atoms with E-state index in [1.165, 1.54) is 0 Å². The summed E-state index contributed by atoms with van der Waals surface area (Å²) in [7, 11) is 0. The Morgan fingerprint density at radius 2 is 1.38 bits per heavy atom. The molecule has 0 bridgehead atoms. The highest BCUT2D eigenvalue weighted by Crippen LogP contribution is 1.82. The Kier molecular flexibility index (Phi) is 12.0. The lowest BCUT2D eigenvalue weighted by Crippen LogP contribution is -2.05. The van der Waals surface area contributed by atoms with Gasteiger partial charge in [-0.25, -0.2) is 0 Å². The summed E-state index contributed by atoms with van der Waals surface area (Å²) in [5.41, 5.74) is 9.86. The maximum Gasteiger partial charge on any atom is 0.304 e. The zero-order chi connectivity index (χ0) is 10.7. The first-order chi connectivity index (χ1) is 6.04. The summed E-state index contributed by atoms with van der Waals surface area (Å²) in [5.74, 6) is -1.61. The van der Waals surface area contributed by atoms with Gasteiger partial charge in [-0.2, -0.15) is 0 Å². The summed E-state index contributed by atoms with van der Waals surface area (Å²) in [4.78, 5) is 19.2. The molecule has 0 aromatic rings. The molecule has 13 heavy (non-hydrogen) atoms. The second kappa shape index (κ2) is 10.9. The van der Waals surface area contributed by atoms with Crippen LogP contribution in [0.3, 0.4) is 0 Å². The Hall–Kier alpha value is -1.14. The summed E-state index contributed by atoms with van der Waals surface area (Å²) in [6.45, 7) is 0.696. The molecule has 0 fully saturated rings. The fraction of sp³-hybridized carbons (Fsp3) is 0.714. The molecule has 0 unspecified atom stereocenters. The fourth-order valence-electron chi connectivity index (χ4n) is 0.377. The van der Waals surface area contributed by atoms with Crippen molar-refractivity contribution < 1.29 is 19.8 Å². The van der Waals surface area contributed by atoms with Crippen LogP contribution in [-0.4, -0.2) is 35.2 Å². The topological polar surface area (TPSA) is 127 Å². The summed E-state index contributed by atoms with van der Waals surface area (Å²) in [5, 5.41) is 15.8. The molecule has 0 aliphatic heterocycles. The van der Waals surface area contributed by atoms with Crippen LogP contribution in [0, 0.1) is 0 Å². The Balaban J connectivity index is 0. The Bertz CT molecular complexity index is 149. The van der Waals surface area contributed by atoms with E-state index in [2.05, 4.69) is 0 Å². The van der Waals surface area contributed by atoms with Gasteiger partial charge in [0.15, 0.2) is 0 Å². The molecule has 0 radical (unpaired) electrons. The average Bonchev–Trinajstić information content (AvgIpc) is 2.01. The van der Waals surface area contributed by atoms with Crippen molar-refractivity contribution in [2.45, 2.75) is 19.3 Å². The van der Waals surface area contributed by atoms with Crippen LogP contribution in [0.15, 0.2) is 0 Å². The molecule has 0 saturated heterocycles. The largest absolute Gasteiger partial charge is 0.481 e. The number of hydrogen-bond acceptors (Lipinski definition) is 4. The van der Waals surface area contributed by atoms with Crippen molar-refractivity contribution in [3.8, 4) is 0 Å². The summed E-state index contributed by atoms with van der Waals surface area (Å²) >= 11 is 0. The van der Waals surface area contributed by atoms with E-state index in [4.69, 9.17) is 21.7 Å². The third-order valence-corrected chi connectivity index (χ3v) is 0.953. The van der Waals surface area contributed by atoms with Gasteiger partial charge in [-0.05, 0) is 13.0 Å². The maximum atomic E-state index is 9.70. The van der Waals surface area contributed by atoms with Crippen molar-refractivity contribution in [2.75, 3.05) is 13.1 Å². The SMILES string of the molecule is NCCC(=O)O.NCCCC(=O)O. The predicted molar refractivity (Wildman–Crippen MR) is 47.2 cm³/mol. The Morgan fingerprint density at radius 3 is 1.46 bits per heavy atom. The number of carbonyl (C=O) groups is 2. The van der Waals surface area contributed by atoms with Crippen molar-refractivity contribution in [3.63, 3.8) is 0 Å².